The van der Waals surface area contributed by atoms with Crippen LogP contribution in [0.5, 0.6) is 0 Å². The van der Waals surface area contributed by atoms with Crippen LogP contribution in [0.25, 0.3) is 0 Å². The second-order valence-electron chi connectivity index (χ2n) is 3.80. The zero-order valence-electron chi connectivity index (χ0n) is 8.46. The molecule has 1 fully saturated rings. The summed E-state index contributed by atoms with van der Waals surface area (Å²) in [5.41, 5.74) is -1.08. The number of aliphatic hydroxyl groups excluding tert-OH is 2. The molecule has 1 saturated heterocycles. The molecule has 7 nitrogen and oxygen atoms in total. The quantitative estimate of drug-likeness (QED) is 0.421. The maximum Gasteiger partial charge on any atom is 0.328 e. The van der Waals surface area contributed by atoms with Gasteiger partial charge in [-0.2, -0.15) is 0 Å². The van der Waals surface area contributed by atoms with Crippen LogP contribution in [0.3, 0.4) is 0 Å². The summed E-state index contributed by atoms with van der Waals surface area (Å²) in [6.45, 7) is 0.653. The van der Waals surface area contributed by atoms with E-state index in [9.17, 15) is 19.8 Å². The summed E-state index contributed by atoms with van der Waals surface area (Å²) < 4.78 is 1.21. The molecule has 16 heavy (non-hydrogen) atoms. The van der Waals surface area contributed by atoms with E-state index in [0.717, 1.165) is 0 Å². The summed E-state index contributed by atoms with van der Waals surface area (Å²) in [5, 5.41) is 22.1. The molecule has 0 unspecified atom stereocenters. The number of hydrogen-bond acceptors (Lipinski definition) is 5. The SMILES string of the molecule is O=c1ccn([C@@H]2CNC[C@H](O)[C@@H]2O)c(=O)[nH]1. The van der Waals surface area contributed by atoms with Crippen molar-refractivity contribution in [2.45, 2.75) is 18.2 Å². The molecule has 4 N–H and O–H groups in total. The van der Waals surface area contributed by atoms with Crippen LogP contribution < -0.4 is 16.6 Å². The summed E-state index contributed by atoms with van der Waals surface area (Å²) in [6, 6.07) is 0.628. The Morgan fingerprint density at radius 2 is 2.06 bits per heavy atom. The van der Waals surface area contributed by atoms with E-state index in [1.165, 1.54) is 16.8 Å². The molecule has 1 aromatic heterocycles. The van der Waals surface area contributed by atoms with E-state index in [0.29, 0.717) is 6.54 Å². The highest BCUT2D eigenvalue weighted by molar-refractivity contribution is 4.93. The number of rotatable bonds is 1. The maximum atomic E-state index is 11.5. The fourth-order valence-electron chi connectivity index (χ4n) is 1.83. The Bertz CT molecular complexity index is 480. The summed E-state index contributed by atoms with van der Waals surface area (Å²) in [7, 11) is 0. The Morgan fingerprint density at radius 3 is 2.75 bits per heavy atom. The summed E-state index contributed by atoms with van der Waals surface area (Å²) in [5.74, 6) is 0. The van der Waals surface area contributed by atoms with Gasteiger partial charge in [-0.1, -0.05) is 0 Å². The van der Waals surface area contributed by atoms with Crippen molar-refractivity contribution >= 4 is 0 Å². The van der Waals surface area contributed by atoms with Crippen LogP contribution >= 0.6 is 0 Å². The van der Waals surface area contributed by atoms with Gasteiger partial charge in [0.2, 0.25) is 0 Å². The molecule has 0 saturated carbocycles. The highest BCUT2D eigenvalue weighted by Crippen LogP contribution is 2.15. The normalized spacial score (nSPS) is 30.2. The topological polar surface area (TPSA) is 107 Å². The number of aromatic nitrogens is 2. The lowest BCUT2D eigenvalue weighted by atomic mass is 10.0. The van der Waals surface area contributed by atoms with Crippen LogP contribution in [0.4, 0.5) is 0 Å². The summed E-state index contributed by atoms with van der Waals surface area (Å²) >= 11 is 0. The Balaban J connectivity index is 2.36. The minimum Gasteiger partial charge on any atom is -0.389 e. The molecule has 0 aliphatic carbocycles. The first-order chi connectivity index (χ1) is 7.59. The van der Waals surface area contributed by atoms with Gasteiger partial charge >= 0.3 is 5.69 Å². The molecular weight excluding hydrogens is 214 g/mol. The van der Waals surface area contributed by atoms with E-state index in [4.69, 9.17) is 0 Å². The highest BCUT2D eigenvalue weighted by Gasteiger charge is 2.31. The Kier molecular flexibility index (Phi) is 2.90. The standard InChI is InChI=1S/C9H13N3O4/c13-6-4-10-3-5(8(6)15)12-2-1-7(14)11-9(12)16/h1-2,5-6,8,10,13,15H,3-4H2,(H,11,14,16)/t5-,6+,8-/m1/s1. The minimum absolute atomic E-state index is 0.287. The van der Waals surface area contributed by atoms with Crippen molar-refractivity contribution in [1.82, 2.24) is 14.9 Å². The maximum absolute atomic E-state index is 11.5. The summed E-state index contributed by atoms with van der Waals surface area (Å²) in [6.07, 6.45) is -0.628. The zero-order chi connectivity index (χ0) is 11.7. The number of H-pyrrole nitrogens is 1. The van der Waals surface area contributed by atoms with Crippen LogP contribution in [-0.4, -0.2) is 45.1 Å². The number of nitrogens with one attached hydrogen (secondary N) is 2. The van der Waals surface area contributed by atoms with Crippen LogP contribution in [0.1, 0.15) is 6.04 Å². The fraction of sp³-hybridized carbons (Fsp3) is 0.556. The molecule has 0 bridgehead atoms. The van der Waals surface area contributed by atoms with E-state index in [1.54, 1.807) is 0 Å². The van der Waals surface area contributed by atoms with Gasteiger partial charge in [0.25, 0.3) is 5.56 Å². The third-order valence-corrected chi connectivity index (χ3v) is 2.70. The molecule has 2 rings (SSSR count). The Labute approximate surface area is 90.4 Å². The molecule has 1 aliphatic rings. The number of hydrogen-bond donors (Lipinski definition) is 4. The molecule has 88 valence electrons. The third-order valence-electron chi connectivity index (χ3n) is 2.70. The monoisotopic (exact) mass is 227 g/mol. The predicted molar refractivity (Wildman–Crippen MR) is 55.2 cm³/mol. The lowest BCUT2D eigenvalue weighted by Crippen LogP contribution is -2.53. The number of piperidine rings is 1. The smallest absolute Gasteiger partial charge is 0.328 e. The lowest BCUT2D eigenvalue weighted by Gasteiger charge is -2.33. The molecule has 2 heterocycles. The predicted octanol–water partition coefficient (Wildman–Crippen LogP) is -2.60. The molecule has 0 radical (unpaired) electrons. The Morgan fingerprint density at radius 1 is 1.31 bits per heavy atom. The number of aliphatic hydroxyl groups is 2. The highest BCUT2D eigenvalue weighted by atomic mass is 16.3. The van der Waals surface area contributed by atoms with E-state index >= 15 is 0 Å². The molecule has 0 aromatic carbocycles. The average molecular weight is 227 g/mol. The van der Waals surface area contributed by atoms with Crippen molar-refractivity contribution < 1.29 is 10.2 Å². The molecule has 0 amide bonds. The van der Waals surface area contributed by atoms with E-state index in [2.05, 4.69) is 10.3 Å². The van der Waals surface area contributed by atoms with E-state index < -0.39 is 29.5 Å². The van der Waals surface area contributed by atoms with Gasteiger partial charge in [0, 0.05) is 25.4 Å². The third kappa shape index (κ3) is 1.92. The number of aromatic amines is 1. The molecule has 0 spiro atoms. The zero-order valence-corrected chi connectivity index (χ0v) is 8.46. The molecule has 1 aromatic rings. The number of β-amino-alcohol motifs (C(OH)–C–C–N with tert-alkyl or cyclic N) is 1. The van der Waals surface area contributed by atoms with Gasteiger partial charge in [0.15, 0.2) is 0 Å². The van der Waals surface area contributed by atoms with Crippen molar-refractivity contribution in [1.29, 1.82) is 0 Å². The van der Waals surface area contributed by atoms with Gasteiger partial charge in [0.1, 0.15) is 6.10 Å². The number of nitrogens with zero attached hydrogens (tertiary/aromatic N) is 1. The minimum atomic E-state index is -1.02. The second kappa shape index (κ2) is 4.20. The van der Waals surface area contributed by atoms with Crippen LogP contribution in [0.2, 0.25) is 0 Å². The van der Waals surface area contributed by atoms with Crippen molar-refractivity contribution in [3.05, 3.63) is 33.1 Å². The Hall–Kier alpha value is -1.44. The van der Waals surface area contributed by atoms with Gasteiger partial charge in [-0.05, 0) is 0 Å². The molecule has 7 heteroatoms. The fourth-order valence-corrected chi connectivity index (χ4v) is 1.83. The first kappa shape index (κ1) is 11.1. The van der Waals surface area contributed by atoms with Crippen LogP contribution in [0.15, 0.2) is 21.9 Å². The van der Waals surface area contributed by atoms with E-state index in [1.807, 2.05) is 0 Å². The van der Waals surface area contributed by atoms with Gasteiger partial charge in [-0.3, -0.25) is 14.3 Å². The van der Waals surface area contributed by atoms with Gasteiger partial charge in [-0.15, -0.1) is 0 Å². The van der Waals surface area contributed by atoms with Crippen LogP contribution in [-0.2, 0) is 0 Å². The average Bonchev–Trinajstić information content (AvgIpc) is 2.23. The van der Waals surface area contributed by atoms with E-state index in [-0.39, 0.29) is 6.54 Å². The first-order valence-electron chi connectivity index (χ1n) is 4.98. The second-order valence-corrected chi connectivity index (χ2v) is 3.80. The molecule has 3 atom stereocenters. The largest absolute Gasteiger partial charge is 0.389 e. The van der Waals surface area contributed by atoms with Crippen LogP contribution in [0, 0.1) is 0 Å². The van der Waals surface area contributed by atoms with Crippen molar-refractivity contribution in [3.8, 4) is 0 Å². The van der Waals surface area contributed by atoms with Gasteiger partial charge in [0.05, 0.1) is 12.1 Å². The van der Waals surface area contributed by atoms with Crippen molar-refractivity contribution in [2.75, 3.05) is 13.1 Å². The van der Waals surface area contributed by atoms with Crippen molar-refractivity contribution in [2.24, 2.45) is 0 Å². The summed E-state index contributed by atoms with van der Waals surface area (Å²) in [4.78, 5) is 24.5. The van der Waals surface area contributed by atoms with Gasteiger partial charge in [-0.25, -0.2) is 4.79 Å². The van der Waals surface area contributed by atoms with Gasteiger partial charge < -0.3 is 15.5 Å². The first-order valence-corrected chi connectivity index (χ1v) is 4.98. The lowest BCUT2D eigenvalue weighted by molar-refractivity contribution is -0.0312. The van der Waals surface area contributed by atoms with Crippen molar-refractivity contribution in [3.63, 3.8) is 0 Å². The molecule has 1 aliphatic heterocycles. The molecular formula is C9H13N3O4.